The fourth-order valence-corrected chi connectivity index (χ4v) is 7.51. The molecule has 4 aromatic carbocycles. The first kappa shape index (κ1) is 39.4. The fraction of sp³-hybridized carbons (Fsp3) is 0.317. The number of aromatic hydroxyl groups is 2. The van der Waals surface area contributed by atoms with Gasteiger partial charge in [0.25, 0.3) is 0 Å². The Morgan fingerprint density at radius 2 is 0.896 bits per heavy atom. The summed E-state index contributed by atoms with van der Waals surface area (Å²) in [4.78, 5) is 0. The van der Waals surface area contributed by atoms with Gasteiger partial charge in [0.05, 0.1) is 20.1 Å². The van der Waals surface area contributed by atoms with Crippen molar-refractivity contribution >= 4 is 54.5 Å². The van der Waals surface area contributed by atoms with Crippen molar-refractivity contribution < 1.29 is 10.2 Å². The predicted molar refractivity (Wildman–Crippen MR) is 210 cm³/mol. The van der Waals surface area contributed by atoms with E-state index in [1.807, 2.05) is 54.6 Å². The van der Waals surface area contributed by atoms with Crippen LogP contribution in [0.2, 0.25) is 39.7 Å². The van der Waals surface area contributed by atoms with E-state index in [0.717, 1.165) is 53.5 Å². The van der Waals surface area contributed by atoms with Crippen LogP contribution >= 0.6 is 46.4 Å². The number of hydrogen-bond donors (Lipinski definition) is 2. The molecule has 2 nitrogen and oxygen atoms in total. The van der Waals surface area contributed by atoms with Gasteiger partial charge in [-0.3, -0.25) is 0 Å². The van der Waals surface area contributed by atoms with Crippen LogP contribution in [0.4, 0.5) is 0 Å². The van der Waals surface area contributed by atoms with E-state index in [1.54, 1.807) is 12.1 Å². The highest BCUT2D eigenvalue weighted by molar-refractivity contribution is 6.83. The zero-order valence-electron chi connectivity index (χ0n) is 28.7. The Morgan fingerprint density at radius 3 is 1.19 bits per heavy atom. The van der Waals surface area contributed by atoms with E-state index in [0.29, 0.717) is 25.7 Å². The maximum absolute atomic E-state index is 9.77. The molecule has 0 aliphatic rings. The standard InChI is InChI=1S/C22H26Cl2OSi.C19H18Cl2O/c1-6-22(7-2,18-10-11-21(25)20(24)15-18)17-9-8-16(19(23)14-17)12-13-26(3,4)5;1-4-13-7-8-14(11-16(13)20)19(5-2,6-3)15-9-10-18(22)17(21)12-15/h8-11,14-15,25H,6-7H2,1-5H3;1,7-12,22H,5-6H2,2-3H3. The second kappa shape index (κ2) is 16.6. The third-order valence-corrected chi connectivity index (χ3v) is 11.3. The summed E-state index contributed by atoms with van der Waals surface area (Å²) in [7, 11) is -1.45. The van der Waals surface area contributed by atoms with E-state index in [1.165, 1.54) is 0 Å². The first-order chi connectivity index (χ1) is 22.6. The molecular formula is C41H44Cl4O2Si. The lowest BCUT2D eigenvalue weighted by Crippen LogP contribution is -2.26. The lowest BCUT2D eigenvalue weighted by atomic mass is 9.70. The highest BCUT2D eigenvalue weighted by Gasteiger charge is 2.33. The molecule has 0 saturated heterocycles. The summed E-state index contributed by atoms with van der Waals surface area (Å²) in [6.45, 7) is 15.2. The second-order valence-corrected chi connectivity index (χ2v) is 19.3. The number of halogens is 4. The lowest BCUT2D eigenvalue weighted by molar-refractivity contribution is 0.465. The van der Waals surface area contributed by atoms with E-state index in [9.17, 15) is 10.2 Å². The predicted octanol–water partition coefficient (Wildman–Crippen LogP) is 12.8. The molecule has 48 heavy (non-hydrogen) atoms. The van der Waals surface area contributed by atoms with Crippen LogP contribution in [0.5, 0.6) is 11.5 Å². The largest absolute Gasteiger partial charge is 0.506 e. The van der Waals surface area contributed by atoms with Crippen LogP contribution in [-0.2, 0) is 10.8 Å². The smallest absolute Gasteiger partial charge is 0.134 e. The summed E-state index contributed by atoms with van der Waals surface area (Å²) in [5.41, 5.74) is 8.91. The van der Waals surface area contributed by atoms with Gasteiger partial charge in [0.2, 0.25) is 0 Å². The van der Waals surface area contributed by atoms with Crippen LogP contribution in [0.25, 0.3) is 0 Å². The van der Waals surface area contributed by atoms with Crippen LogP contribution < -0.4 is 0 Å². The molecule has 2 N–H and O–H groups in total. The van der Waals surface area contributed by atoms with Crippen molar-refractivity contribution in [2.24, 2.45) is 0 Å². The number of terminal acetylenes is 1. The monoisotopic (exact) mass is 736 g/mol. The van der Waals surface area contributed by atoms with Gasteiger partial charge in [-0.05, 0) is 96.5 Å². The average Bonchev–Trinajstić information content (AvgIpc) is 3.05. The molecule has 252 valence electrons. The SMILES string of the molecule is C#Cc1ccc(C(CC)(CC)c2ccc(O)c(Cl)c2)cc1Cl.CCC(CC)(c1ccc(O)c(Cl)c1)c1ccc(C#C[Si](C)(C)C)c(Cl)c1. The second-order valence-electron chi connectivity index (χ2n) is 12.9. The van der Waals surface area contributed by atoms with Crippen LogP contribution in [0.3, 0.4) is 0 Å². The molecule has 0 fully saturated rings. The van der Waals surface area contributed by atoms with Gasteiger partial charge in [-0.15, -0.1) is 12.0 Å². The van der Waals surface area contributed by atoms with Crippen molar-refractivity contribution in [3.8, 4) is 35.3 Å². The van der Waals surface area contributed by atoms with Crippen LogP contribution in [-0.4, -0.2) is 18.3 Å². The Hall–Kier alpha value is -3.02. The summed E-state index contributed by atoms with van der Waals surface area (Å²) in [5, 5.41) is 21.4. The Bertz CT molecular complexity index is 1850. The third kappa shape index (κ3) is 8.76. The molecule has 0 amide bonds. The maximum Gasteiger partial charge on any atom is 0.134 e. The molecule has 0 unspecified atom stereocenters. The molecular weight excluding hydrogens is 694 g/mol. The van der Waals surface area contributed by atoms with Gasteiger partial charge in [-0.1, -0.05) is 130 Å². The third-order valence-electron chi connectivity index (χ3n) is 9.19. The molecule has 0 spiro atoms. The zero-order chi connectivity index (χ0) is 35.9. The normalized spacial score (nSPS) is 11.5. The van der Waals surface area contributed by atoms with Gasteiger partial charge in [0.15, 0.2) is 0 Å². The van der Waals surface area contributed by atoms with Gasteiger partial charge in [-0.2, -0.15) is 0 Å². The molecule has 7 heteroatoms. The Balaban J connectivity index is 0.000000264. The van der Waals surface area contributed by atoms with E-state index in [2.05, 4.69) is 70.8 Å². The number of benzene rings is 4. The summed E-state index contributed by atoms with van der Waals surface area (Å²) >= 11 is 25.1. The number of rotatable bonds is 8. The molecule has 0 saturated carbocycles. The highest BCUT2D eigenvalue weighted by atomic mass is 35.5. The molecule has 0 heterocycles. The Morgan fingerprint density at radius 1 is 0.562 bits per heavy atom. The summed E-state index contributed by atoms with van der Waals surface area (Å²) in [5.74, 6) is 6.02. The minimum absolute atomic E-state index is 0.0900. The lowest BCUT2D eigenvalue weighted by Gasteiger charge is -2.33. The van der Waals surface area contributed by atoms with Crippen molar-refractivity contribution in [3.05, 3.63) is 126 Å². The minimum Gasteiger partial charge on any atom is -0.506 e. The summed E-state index contributed by atoms with van der Waals surface area (Å²) < 4.78 is 0. The molecule has 0 aromatic heterocycles. The van der Waals surface area contributed by atoms with E-state index in [4.69, 9.17) is 52.8 Å². The highest BCUT2D eigenvalue weighted by Crippen LogP contribution is 2.43. The van der Waals surface area contributed by atoms with Crippen molar-refractivity contribution in [2.45, 2.75) is 83.8 Å². The first-order valence-electron chi connectivity index (χ1n) is 16.2. The molecule has 0 bridgehead atoms. The molecule has 4 rings (SSSR count). The van der Waals surface area contributed by atoms with Gasteiger partial charge in [-0.25, -0.2) is 0 Å². The van der Waals surface area contributed by atoms with Crippen molar-refractivity contribution in [2.75, 3.05) is 0 Å². The van der Waals surface area contributed by atoms with Gasteiger partial charge in [0, 0.05) is 22.0 Å². The maximum atomic E-state index is 9.77. The molecule has 0 aliphatic heterocycles. The molecule has 4 aromatic rings. The number of phenolic OH excluding ortho intramolecular Hbond substituents is 2. The van der Waals surface area contributed by atoms with E-state index >= 15 is 0 Å². The van der Waals surface area contributed by atoms with Gasteiger partial charge >= 0.3 is 0 Å². The summed E-state index contributed by atoms with van der Waals surface area (Å²) in [6.07, 6.45) is 9.02. The number of hydrogen-bond acceptors (Lipinski definition) is 2. The quantitative estimate of drug-likeness (QED) is 0.140. The zero-order valence-corrected chi connectivity index (χ0v) is 32.8. The van der Waals surface area contributed by atoms with Crippen LogP contribution in [0.1, 0.15) is 86.8 Å². The van der Waals surface area contributed by atoms with Crippen molar-refractivity contribution in [1.82, 2.24) is 0 Å². The average molecular weight is 739 g/mol. The first-order valence-corrected chi connectivity index (χ1v) is 21.2. The fourth-order valence-electron chi connectivity index (χ4n) is 6.17. The molecule has 0 atom stereocenters. The molecule has 0 aliphatic carbocycles. The topological polar surface area (TPSA) is 40.5 Å². The molecule has 0 radical (unpaired) electrons. The Kier molecular flexibility index (Phi) is 13.6. The van der Waals surface area contributed by atoms with E-state index in [-0.39, 0.29) is 22.3 Å². The van der Waals surface area contributed by atoms with Gasteiger partial charge in [0.1, 0.15) is 19.6 Å². The van der Waals surface area contributed by atoms with Crippen LogP contribution in [0, 0.1) is 23.8 Å². The van der Waals surface area contributed by atoms with Crippen molar-refractivity contribution in [3.63, 3.8) is 0 Å². The Labute approximate surface area is 308 Å². The van der Waals surface area contributed by atoms with Gasteiger partial charge < -0.3 is 10.2 Å². The van der Waals surface area contributed by atoms with E-state index < -0.39 is 8.07 Å². The summed E-state index contributed by atoms with van der Waals surface area (Å²) in [6, 6.07) is 22.8. The number of phenols is 2. The minimum atomic E-state index is -1.45. The van der Waals surface area contributed by atoms with Crippen LogP contribution in [0.15, 0.2) is 72.8 Å². The van der Waals surface area contributed by atoms with Crippen molar-refractivity contribution in [1.29, 1.82) is 0 Å².